The average molecular weight is 441 g/mol. The highest BCUT2D eigenvalue weighted by Crippen LogP contribution is 2.72. The lowest BCUT2D eigenvalue weighted by atomic mass is 9.42. The van der Waals surface area contributed by atoms with Crippen LogP contribution >= 0.6 is 0 Å². The molecule has 182 valence electrons. The van der Waals surface area contributed by atoms with Crippen LogP contribution in [-0.2, 0) is 4.74 Å². The highest BCUT2D eigenvalue weighted by atomic mass is 16.6. The molecule has 1 aliphatic heterocycles. The van der Waals surface area contributed by atoms with Gasteiger partial charge in [0.2, 0.25) is 0 Å². The fraction of sp³-hybridized carbons (Fsp3) is 0.935. The lowest BCUT2D eigenvalue weighted by Crippen LogP contribution is -2.53. The summed E-state index contributed by atoms with van der Waals surface area (Å²) in [4.78, 5) is 0. The summed E-state index contributed by atoms with van der Waals surface area (Å²) in [5.41, 5.74) is 5.94. The van der Waals surface area contributed by atoms with Gasteiger partial charge in [0, 0.05) is 0 Å². The Kier molecular flexibility index (Phi) is 5.21. The Balaban J connectivity index is 1.41. The molecule has 5 aliphatic rings. The molecule has 0 aromatic carbocycles. The largest absolute Gasteiger partial charge is 0.367 e. The molecule has 3 unspecified atom stereocenters. The van der Waals surface area contributed by atoms with Crippen LogP contribution in [0, 0.1) is 45.3 Å². The molecular formula is C31H52O. The van der Waals surface area contributed by atoms with Crippen LogP contribution in [-0.4, -0.2) is 11.7 Å². The molecule has 1 heteroatoms. The molecule has 0 radical (unpaired) electrons. The van der Waals surface area contributed by atoms with E-state index in [-0.39, 0.29) is 5.60 Å². The minimum atomic E-state index is 0.151. The molecule has 5 rings (SSSR count). The van der Waals surface area contributed by atoms with Gasteiger partial charge in [0.15, 0.2) is 0 Å². The van der Waals surface area contributed by atoms with E-state index < -0.39 is 0 Å². The zero-order valence-corrected chi connectivity index (χ0v) is 22.9. The predicted molar refractivity (Wildman–Crippen MR) is 136 cm³/mol. The topological polar surface area (TPSA) is 12.5 Å². The first-order valence-corrected chi connectivity index (χ1v) is 14.2. The van der Waals surface area contributed by atoms with Crippen LogP contribution in [0.5, 0.6) is 0 Å². The molecule has 0 spiro atoms. The average Bonchev–Trinajstić information content (AvgIpc) is 3.22. The molecule has 1 nitrogen and oxygen atoms in total. The van der Waals surface area contributed by atoms with Gasteiger partial charge in [-0.3, -0.25) is 0 Å². The van der Waals surface area contributed by atoms with Crippen molar-refractivity contribution in [1.29, 1.82) is 0 Å². The predicted octanol–water partition coefficient (Wildman–Crippen LogP) is 8.97. The van der Waals surface area contributed by atoms with E-state index in [1.54, 1.807) is 0 Å². The van der Waals surface area contributed by atoms with Gasteiger partial charge in [-0.1, -0.05) is 59.6 Å². The number of hydrogen-bond donors (Lipinski definition) is 0. The van der Waals surface area contributed by atoms with E-state index >= 15 is 0 Å². The second kappa shape index (κ2) is 7.11. The molecular weight excluding hydrogens is 388 g/mol. The summed E-state index contributed by atoms with van der Waals surface area (Å²) < 4.78 is 5.92. The first kappa shape index (κ1) is 23.4. The third kappa shape index (κ3) is 3.04. The molecule has 1 heterocycles. The molecule has 0 aromatic rings. The fourth-order valence-corrected chi connectivity index (χ4v) is 10.2. The first-order valence-electron chi connectivity index (χ1n) is 14.2. The van der Waals surface area contributed by atoms with Crippen LogP contribution in [0.25, 0.3) is 0 Å². The molecule has 0 bridgehead atoms. The van der Waals surface area contributed by atoms with E-state index in [4.69, 9.17) is 4.74 Å². The van der Waals surface area contributed by atoms with Crippen LogP contribution in [0.15, 0.2) is 11.1 Å². The standard InChI is InChI=1S/C31H52O/c1-20(10-13-26-28(5,6)32-26)22-15-18-31(9)24-11-12-25-27(3,4)21(2)14-17-29(25,7)23(24)16-19-30(22,31)8/h20-22,25-26H,10-19H2,1-9H3/t20?,21-,22?,25-,26?,29+,30+,31-/m0/s1. The second-order valence-corrected chi connectivity index (χ2v) is 14.9. The second-order valence-electron chi connectivity index (χ2n) is 14.9. The molecule has 2 saturated carbocycles. The van der Waals surface area contributed by atoms with Crippen LogP contribution < -0.4 is 0 Å². The van der Waals surface area contributed by atoms with Crippen LogP contribution in [0.4, 0.5) is 0 Å². The minimum absolute atomic E-state index is 0.151. The molecule has 3 fully saturated rings. The summed E-state index contributed by atoms with van der Waals surface area (Å²) in [5.74, 6) is 3.45. The normalized spacial score (nSPS) is 49.8. The zero-order valence-electron chi connectivity index (χ0n) is 22.9. The summed E-state index contributed by atoms with van der Waals surface area (Å²) in [7, 11) is 0. The Bertz CT molecular complexity index is 803. The Morgan fingerprint density at radius 2 is 1.56 bits per heavy atom. The molecule has 0 N–H and O–H groups in total. The van der Waals surface area contributed by atoms with E-state index in [9.17, 15) is 0 Å². The van der Waals surface area contributed by atoms with E-state index in [0.717, 1.165) is 23.7 Å². The van der Waals surface area contributed by atoms with Crippen molar-refractivity contribution >= 4 is 0 Å². The Morgan fingerprint density at radius 1 is 0.875 bits per heavy atom. The maximum absolute atomic E-state index is 5.92. The summed E-state index contributed by atoms with van der Waals surface area (Å²) in [6.45, 7) is 22.9. The van der Waals surface area contributed by atoms with E-state index in [1.807, 2.05) is 11.1 Å². The van der Waals surface area contributed by atoms with Gasteiger partial charge in [-0.15, -0.1) is 0 Å². The van der Waals surface area contributed by atoms with Gasteiger partial charge < -0.3 is 4.74 Å². The maximum Gasteiger partial charge on any atom is 0.0892 e. The highest BCUT2D eigenvalue weighted by Gasteiger charge is 2.63. The van der Waals surface area contributed by atoms with Crippen molar-refractivity contribution in [1.82, 2.24) is 0 Å². The van der Waals surface area contributed by atoms with Crippen molar-refractivity contribution in [3.05, 3.63) is 11.1 Å². The number of epoxide rings is 1. The molecule has 0 amide bonds. The van der Waals surface area contributed by atoms with Gasteiger partial charge in [0.05, 0.1) is 11.7 Å². The quantitative estimate of drug-likeness (QED) is 0.314. The van der Waals surface area contributed by atoms with Gasteiger partial charge in [0.1, 0.15) is 0 Å². The van der Waals surface area contributed by atoms with Gasteiger partial charge in [-0.2, -0.15) is 0 Å². The fourth-order valence-electron chi connectivity index (χ4n) is 10.2. The Morgan fingerprint density at radius 3 is 2.22 bits per heavy atom. The Hall–Kier alpha value is -0.300. The van der Waals surface area contributed by atoms with Crippen LogP contribution in [0.1, 0.15) is 127 Å². The molecule has 8 atom stereocenters. The van der Waals surface area contributed by atoms with E-state index in [1.165, 1.54) is 64.2 Å². The number of fused-ring (bicyclic) bond motifs is 4. The van der Waals surface area contributed by atoms with E-state index in [2.05, 4.69) is 62.3 Å². The van der Waals surface area contributed by atoms with Crippen molar-refractivity contribution < 1.29 is 4.74 Å². The van der Waals surface area contributed by atoms with Crippen LogP contribution in [0.3, 0.4) is 0 Å². The highest BCUT2D eigenvalue weighted by molar-refractivity contribution is 5.38. The Labute approximate surface area is 199 Å². The molecule has 0 aromatic heterocycles. The smallest absolute Gasteiger partial charge is 0.0892 e. The third-order valence-electron chi connectivity index (χ3n) is 13.1. The summed E-state index contributed by atoms with van der Waals surface area (Å²) >= 11 is 0. The SMILES string of the molecule is CC(CCC1OC1(C)C)C1CC[C@@]2(C)C3=C(CC[C@]12C)[C@@]1(C)CC[C@H](C)C(C)(C)[C@@H]1CC3. The van der Waals surface area contributed by atoms with Gasteiger partial charge in [-0.05, 0) is 123 Å². The van der Waals surface area contributed by atoms with Crippen molar-refractivity contribution in [3.63, 3.8) is 0 Å². The van der Waals surface area contributed by atoms with Gasteiger partial charge in [-0.25, -0.2) is 0 Å². The lowest BCUT2D eigenvalue weighted by Gasteiger charge is -2.62. The molecule has 1 saturated heterocycles. The zero-order chi connectivity index (χ0) is 23.3. The van der Waals surface area contributed by atoms with Crippen molar-refractivity contribution in [3.8, 4) is 0 Å². The number of hydrogen-bond acceptors (Lipinski definition) is 1. The monoisotopic (exact) mass is 440 g/mol. The van der Waals surface area contributed by atoms with E-state index in [0.29, 0.717) is 27.8 Å². The molecule has 32 heavy (non-hydrogen) atoms. The summed E-state index contributed by atoms with van der Waals surface area (Å²) in [6.07, 6.45) is 14.5. The summed E-state index contributed by atoms with van der Waals surface area (Å²) in [6, 6.07) is 0. The molecule has 4 aliphatic carbocycles. The third-order valence-corrected chi connectivity index (χ3v) is 13.1. The van der Waals surface area contributed by atoms with Gasteiger partial charge >= 0.3 is 0 Å². The first-order chi connectivity index (χ1) is 14.8. The number of ether oxygens (including phenoxy) is 1. The minimum Gasteiger partial charge on any atom is -0.367 e. The van der Waals surface area contributed by atoms with Gasteiger partial charge in [0.25, 0.3) is 0 Å². The maximum atomic E-state index is 5.92. The number of rotatable bonds is 4. The summed E-state index contributed by atoms with van der Waals surface area (Å²) in [5, 5.41) is 0. The van der Waals surface area contributed by atoms with Crippen molar-refractivity contribution in [2.75, 3.05) is 0 Å². The van der Waals surface area contributed by atoms with Crippen LogP contribution in [0.2, 0.25) is 0 Å². The lowest BCUT2D eigenvalue weighted by molar-refractivity contribution is -0.0483. The number of allylic oxidation sites excluding steroid dienone is 2. The van der Waals surface area contributed by atoms with Crippen molar-refractivity contribution in [2.24, 2.45) is 45.3 Å². The van der Waals surface area contributed by atoms with Crippen molar-refractivity contribution in [2.45, 2.75) is 138 Å².